The predicted octanol–water partition coefficient (Wildman–Crippen LogP) is 3.80. The summed E-state index contributed by atoms with van der Waals surface area (Å²) in [6.07, 6.45) is 9.63. The second-order valence-electron chi connectivity index (χ2n) is 6.59. The Kier molecular flexibility index (Phi) is 3.53. The molecule has 118 valence electrons. The number of pyridine rings is 1. The SMILES string of the molecule is Cc1nn(C2CCCCO2)c2ncc(O)c(C3CCCC3)c12. The molecule has 5 heteroatoms. The van der Waals surface area contributed by atoms with Crippen molar-refractivity contribution in [2.24, 2.45) is 0 Å². The molecule has 1 saturated carbocycles. The molecule has 22 heavy (non-hydrogen) atoms. The number of rotatable bonds is 2. The monoisotopic (exact) mass is 301 g/mol. The minimum Gasteiger partial charge on any atom is -0.506 e. The van der Waals surface area contributed by atoms with Gasteiger partial charge >= 0.3 is 0 Å². The van der Waals surface area contributed by atoms with Gasteiger partial charge in [-0.2, -0.15) is 5.10 Å². The first kappa shape index (κ1) is 14.0. The van der Waals surface area contributed by atoms with E-state index in [2.05, 4.69) is 4.98 Å². The molecule has 0 aromatic carbocycles. The average Bonchev–Trinajstić information content (AvgIpc) is 3.17. The van der Waals surface area contributed by atoms with Gasteiger partial charge < -0.3 is 9.84 Å². The van der Waals surface area contributed by atoms with Crippen molar-refractivity contribution in [2.75, 3.05) is 6.61 Å². The number of nitrogens with zero attached hydrogens (tertiary/aromatic N) is 3. The van der Waals surface area contributed by atoms with Gasteiger partial charge in [0.15, 0.2) is 11.9 Å². The Morgan fingerprint density at radius 3 is 2.68 bits per heavy atom. The maximum Gasteiger partial charge on any atom is 0.161 e. The number of fused-ring (bicyclic) bond motifs is 1. The first-order valence-electron chi connectivity index (χ1n) is 8.44. The van der Waals surface area contributed by atoms with E-state index in [1.807, 2.05) is 11.6 Å². The first-order chi connectivity index (χ1) is 10.8. The third-order valence-electron chi connectivity index (χ3n) is 5.11. The molecule has 2 aromatic rings. The quantitative estimate of drug-likeness (QED) is 0.916. The molecule has 2 fully saturated rings. The molecular weight excluding hydrogens is 278 g/mol. The van der Waals surface area contributed by atoms with Crippen LogP contribution in [0.5, 0.6) is 5.75 Å². The molecule has 5 nitrogen and oxygen atoms in total. The van der Waals surface area contributed by atoms with Crippen LogP contribution in [0.4, 0.5) is 0 Å². The van der Waals surface area contributed by atoms with Crippen molar-refractivity contribution in [3.8, 4) is 5.75 Å². The summed E-state index contributed by atoms with van der Waals surface area (Å²) in [6.45, 7) is 2.81. The highest BCUT2D eigenvalue weighted by molar-refractivity contribution is 5.84. The number of hydrogen-bond donors (Lipinski definition) is 1. The molecule has 1 atom stereocenters. The number of hydrogen-bond acceptors (Lipinski definition) is 4. The molecule has 1 aliphatic carbocycles. The standard InChI is InChI=1S/C17H23N3O2/c1-11-15-16(12-6-2-3-7-12)13(21)10-18-17(15)20(19-11)14-8-4-5-9-22-14/h10,12,14,21H,2-9H2,1H3. The summed E-state index contributed by atoms with van der Waals surface area (Å²) in [6, 6.07) is 0. The molecule has 2 aromatic heterocycles. The van der Waals surface area contributed by atoms with Crippen LogP contribution in [0.15, 0.2) is 6.20 Å². The van der Waals surface area contributed by atoms with Crippen molar-refractivity contribution in [3.05, 3.63) is 17.5 Å². The Balaban J connectivity index is 1.86. The summed E-state index contributed by atoms with van der Waals surface area (Å²) in [5.74, 6) is 0.765. The molecule has 0 spiro atoms. The summed E-state index contributed by atoms with van der Waals surface area (Å²) < 4.78 is 7.81. The summed E-state index contributed by atoms with van der Waals surface area (Å²) >= 11 is 0. The van der Waals surface area contributed by atoms with Crippen LogP contribution in [-0.4, -0.2) is 26.5 Å². The first-order valence-corrected chi connectivity index (χ1v) is 8.44. The third-order valence-corrected chi connectivity index (χ3v) is 5.11. The van der Waals surface area contributed by atoms with E-state index in [-0.39, 0.29) is 6.23 Å². The predicted molar refractivity (Wildman–Crippen MR) is 84.0 cm³/mol. The highest BCUT2D eigenvalue weighted by Crippen LogP contribution is 2.43. The van der Waals surface area contributed by atoms with E-state index in [0.717, 1.165) is 54.6 Å². The summed E-state index contributed by atoms with van der Waals surface area (Å²) in [4.78, 5) is 4.48. The molecule has 3 heterocycles. The number of ether oxygens (including phenoxy) is 1. The molecule has 1 aliphatic heterocycles. The van der Waals surface area contributed by atoms with E-state index in [9.17, 15) is 5.11 Å². The van der Waals surface area contributed by atoms with E-state index in [1.165, 1.54) is 19.3 Å². The number of aromatic nitrogens is 3. The smallest absolute Gasteiger partial charge is 0.161 e. The van der Waals surface area contributed by atoms with Crippen molar-refractivity contribution >= 4 is 11.0 Å². The van der Waals surface area contributed by atoms with Gasteiger partial charge in [-0.1, -0.05) is 12.8 Å². The van der Waals surface area contributed by atoms with Crippen LogP contribution in [0.25, 0.3) is 11.0 Å². The minimum atomic E-state index is -0.0154. The molecule has 0 amide bonds. The molecule has 1 saturated heterocycles. The molecule has 0 radical (unpaired) electrons. The van der Waals surface area contributed by atoms with Crippen LogP contribution in [0, 0.1) is 6.92 Å². The summed E-state index contributed by atoms with van der Waals surface area (Å²) in [7, 11) is 0. The zero-order valence-corrected chi connectivity index (χ0v) is 13.1. The lowest BCUT2D eigenvalue weighted by Crippen LogP contribution is -2.19. The van der Waals surface area contributed by atoms with Gasteiger partial charge in [0, 0.05) is 17.6 Å². The van der Waals surface area contributed by atoms with Crippen LogP contribution in [0.3, 0.4) is 0 Å². The van der Waals surface area contributed by atoms with E-state index in [4.69, 9.17) is 9.84 Å². The Morgan fingerprint density at radius 1 is 1.18 bits per heavy atom. The molecule has 1 N–H and O–H groups in total. The van der Waals surface area contributed by atoms with Gasteiger partial charge in [-0.3, -0.25) is 0 Å². The molecule has 1 unspecified atom stereocenters. The number of aromatic hydroxyl groups is 1. The van der Waals surface area contributed by atoms with Gasteiger partial charge in [0.25, 0.3) is 0 Å². The van der Waals surface area contributed by atoms with Gasteiger partial charge in [-0.25, -0.2) is 9.67 Å². The van der Waals surface area contributed by atoms with Crippen molar-refractivity contribution in [3.63, 3.8) is 0 Å². The van der Waals surface area contributed by atoms with E-state index in [1.54, 1.807) is 6.20 Å². The highest BCUT2D eigenvalue weighted by Gasteiger charge is 2.28. The van der Waals surface area contributed by atoms with Crippen molar-refractivity contribution in [1.82, 2.24) is 14.8 Å². The van der Waals surface area contributed by atoms with E-state index >= 15 is 0 Å². The fraction of sp³-hybridized carbons (Fsp3) is 0.647. The minimum absolute atomic E-state index is 0.0154. The van der Waals surface area contributed by atoms with Gasteiger partial charge in [0.05, 0.1) is 11.9 Å². The Bertz CT molecular complexity index is 683. The fourth-order valence-electron chi connectivity index (χ4n) is 4.04. The second-order valence-corrected chi connectivity index (χ2v) is 6.59. The topological polar surface area (TPSA) is 60.2 Å². The lowest BCUT2D eigenvalue weighted by atomic mass is 9.94. The van der Waals surface area contributed by atoms with Crippen molar-refractivity contribution in [1.29, 1.82) is 0 Å². The van der Waals surface area contributed by atoms with Crippen LogP contribution in [0.2, 0.25) is 0 Å². The van der Waals surface area contributed by atoms with Crippen molar-refractivity contribution in [2.45, 2.75) is 64.0 Å². The Hall–Kier alpha value is -1.62. The third kappa shape index (κ3) is 2.19. The molecule has 0 bridgehead atoms. The Morgan fingerprint density at radius 2 is 1.95 bits per heavy atom. The van der Waals surface area contributed by atoms with Crippen LogP contribution < -0.4 is 0 Å². The maximum atomic E-state index is 10.4. The van der Waals surface area contributed by atoms with E-state index in [0.29, 0.717) is 11.7 Å². The lowest BCUT2D eigenvalue weighted by Gasteiger charge is -2.23. The highest BCUT2D eigenvalue weighted by atomic mass is 16.5. The lowest BCUT2D eigenvalue weighted by molar-refractivity contribution is -0.0371. The van der Waals surface area contributed by atoms with Gasteiger partial charge in [0.2, 0.25) is 0 Å². The fourth-order valence-corrected chi connectivity index (χ4v) is 4.04. The summed E-state index contributed by atoms with van der Waals surface area (Å²) in [5.41, 5.74) is 2.88. The normalized spacial score (nSPS) is 23.4. The molecule has 4 rings (SSSR count). The maximum absolute atomic E-state index is 10.4. The average molecular weight is 301 g/mol. The largest absolute Gasteiger partial charge is 0.506 e. The van der Waals surface area contributed by atoms with Crippen LogP contribution in [0.1, 0.15) is 68.3 Å². The van der Waals surface area contributed by atoms with Crippen molar-refractivity contribution < 1.29 is 9.84 Å². The molecular formula is C17H23N3O2. The van der Waals surface area contributed by atoms with Gasteiger partial charge in [0.1, 0.15) is 5.75 Å². The number of aryl methyl sites for hydroxylation is 1. The zero-order chi connectivity index (χ0) is 15.1. The summed E-state index contributed by atoms with van der Waals surface area (Å²) in [5, 5.41) is 16.1. The molecule has 2 aliphatic rings. The van der Waals surface area contributed by atoms with E-state index < -0.39 is 0 Å². The Labute approximate surface area is 130 Å². The second kappa shape index (κ2) is 5.54. The van der Waals surface area contributed by atoms with Gasteiger partial charge in [-0.15, -0.1) is 0 Å². The van der Waals surface area contributed by atoms with Crippen LogP contribution in [-0.2, 0) is 4.74 Å². The zero-order valence-electron chi connectivity index (χ0n) is 13.1. The van der Waals surface area contributed by atoms with Gasteiger partial charge in [-0.05, 0) is 44.9 Å². The van der Waals surface area contributed by atoms with Crippen LogP contribution >= 0.6 is 0 Å².